The van der Waals surface area contributed by atoms with E-state index in [1.54, 1.807) is 0 Å². The molecule has 0 aliphatic carbocycles. The maximum atomic E-state index is 10.5. The highest BCUT2D eigenvalue weighted by atomic mass is 17.5. The van der Waals surface area contributed by atoms with Crippen LogP contribution in [0.25, 0.3) is 0 Å². The minimum atomic E-state index is -0.644. The van der Waals surface area contributed by atoms with Gasteiger partial charge in [-0.1, -0.05) is 13.3 Å². The van der Waals surface area contributed by atoms with Crippen molar-refractivity contribution in [1.82, 2.24) is 0 Å². The number of unbranched alkanes of at least 4 members (excludes halogenated alkanes) is 1. The molecular formula is C7H14O5. The Morgan fingerprint density at radius 1 is 1.50 bits per heavy atom. The largest absolute Gasteiger partial charge is 0.396 e. The first-order valence-corrected chi connectivity index (χ1v) is 3.91. The topological polar surface area (TPSA) is 65.0 Å². The fourth-order valence-corrected chi connectivity index (χ4v) is 0.432. The van der Waals surface area contributed by atoms with Crippen molar-refractivity contribution in [2.75, 3.05) is 13.2 Å². The van der Waals surface area contributed by atoms with E-state index in [1.807, 2.05) is 6.92 Å². The van der Waals surface area contributed by atoms with Gasteiger partial charge in [-0.05, 0) is 11.5 Å². The number of carbonyl (C=O) groups is 1. The Hall–Kier alpha value is -0.650. The number of rotatable bonds is 7. The van der Waals surface area contributed by atoms with E-state index in [0.717, 1.165) is 12.8 Å². The lowest BCUT2D eigenvalue weighted by molar-refractivity contribution is -0.486. The maximum absolute atomic E-state index is 10.5. The molecule has 0 aliphatic heterocycles. The SMILES string of the molecule is CCCCOOOC(=O)CCO. The van der Waals surface area contributed by atoms with Gasteiger partial charge in [0, 0.05) is 0 Å². The standard InChI is InChI=1S/C7H14O5/c1-2-3-6-10-12-11-7(9)4-5-8/h8H,2-6H2,1H3. The summed E-state index contributed by atoms with van der Waals surface area (Å²) >= 11 is 0. The molecule has 0 saturated carbocycles. The smallest absolute Gasteiger partial charge is 0.347 e. The van der Waals surface area contributed by atoms with Crippen LogP contribution in [0.4, 0.5) is 0 Å². The van der Waals surface area contributed by atoms with E-state index >= 15 is 0 Å². The number of carbonyl (C=O) groups excluding carboxylic acids is 1. The molecule has 5 heteroatoms. The first-order valence-electron chi connectivity index (χ1n) is 3.91. The van der Waals surface area contributed by atoms with Crippen molar-refractivity contribution < 1.29 is 24.7 Å². The molecule has 0 heterocycles. The van der Waals surface area contributed by atoms with E-state index in [4.69, 9.17) is 5.11 Å². The minimum absolute atomic E-state index is 0.0862. The van der Waals surface area contributed by atoms with Gasteiger partial charge in [-0.25, -0.2) is 4.79 Å². The third-order valence-electron chi connectivity index (χ3n) is 1.07. The molecule has 0 radical (unpaired) electrons. The molecule has 0 atom stereocenters. The van der Waals surface area contributed by atoms with Crippen LogP contribution in [0.15, 0.2) is 0 Å². The molecule has 0 unspecified atom stereocenters. The lowest BCUT2D eigenvalue weighted by atomic mass is 10.4. The average molecular weight is 178 g/mol. The predicted octanol–water partition coefficient (Wildman–Crippen LogP) is 0.575. The molecule has 0 aromatic heterocycles. The van der Waals surface area contributed by atoms with E-state index in [1.165, 1.54) is 0 Å². The normalized spacial score (nSPS) is 9.83. The van der Waals surface area contributed by atoms with Crippen LogP contribution in [0.1, 0.15) is 26.2 Å². The molecule has 0 rings (SSSR count). The second-order valence-corrected chi connectivity index (χ2v) is 2.17. The van der Waals surface area contributed by atoms with Gasteiger partial charge in [0.1, 0.15) is 0 Å². The molecule has 1 N–H and O–H groups in total. The number of aliphatic hydroxyl groups excluding tert-OH is 1. The van der Waals surface area contributed by atoms with E-state index in [2.05, 4.69) is 14.8 Å². The van der Waals surface area contributed by atoms with Gasteiger partial charge >= 0.3 is 5.97 Å². The summed E-state index contributed by atoms with van der Waals surface area (Å²) in [6, 6.07) is 0. The molecular weight excluding hydrogens is 164 g/mol. The van der Waals surface area contributed by atoms with Gasteiger partial charge < -0.3 is 5.11 Å². The second-order valence-electron chi connectivity index (χ2n) is 2.17. The van der Waals surface area contributed by atoms with E-state index in [0.29, 0.717) is 6.61 Å². The van der Waals surface area contributed by atoms with Crippen LogP contribution in [-0.2, 0) is 19.6 Å². The van der Waals surface area contributed by atoms with Gasteiger partial charge in [0.15, 0.2) is 0 Å². The fraction of sp³-hybridized carbons (Fsp3) is 0.857. The van der Waals surface area contributed by atoms with Crippen molar-refractivity contribution in [3.63, 3.8) is 0 Å². The molecule has 0 fully saturated rings. The first-order chi connectivity index (χ1) is 5.81. The third kappa shape index (κ3) is 7.46. The molecule has 12 heavy (non-hydrogen) atoms. The molecule has 0 aromatic rings. The molecule has 5 nitrogen and oxygen atoms in total. The van der Waals surface area contributed by atoms with Crippen LogP contribution in [0.2, 0.25) is 0 Å². The van der Waals surface area contributed by atoms with Crippen LogP contribution in [-0.4, -0.2) is 24.3 Å². The summed E-state index contributed by atoms with van der Waals surface area (Å²) in [7, 11) is 0. The first kappa shape index (κ1) is 11.4. The number of hydrogen-bond acceptors (Lipinski definition) is 5. The Labute approximate surface area is 71.1 Å². The summed E-state index contributed by atoms with van der Waals surface area (Å²) < 4.78 is 0. The fourth-order valence-electron chi connectivity index (χ4n) is 0.432. The van der Waals surface area contributed by atoms with Gasteiger partial charge in [-0.15, -0.1) is 0 Å². The Morgan fingerprint density at radius 3 is 2.83 bits per heavy atom. The lowest BCUT2D eigenvalue weighted by Crippen LogP contribution is -2.08. The van der Waals surface area contributed by atoms with Gasteiger partial charge in [0.25, 0.3) is 0 Å². The van der Waals surface area contributed by atoms with Crippen molar-refractivity contribution in [2.45, 2.75) is 26.2 Å². The quantitative estimate of drug-likeness (QED) is 0.351. The van der Waals surface area contributed by atoms with Crippen LogP contribution >= 0.6 is 0 Å². The molecule has 72 valence electrons. The summed E-state index contributed by atoms with van der Waals surface area (Å²) in [6.45, 7) is 2.14. The molecule has 0 aromatic carbocycles. The van der Waals surface area contributed by atoms with Crippen molar-refractivity contribution in [3.05, 3.63) is 0 Å². The Morgan fingerprint density at radius 2 is 2.25 bits per heavy atom. The van der Waals surface area contributed by atoms with Gasteiger partial charge in [0.05, 0.1) is 19.6 Å². The highest BCUT2D eigenvalue weighted by Gasteiger charge is 2.01. The maximum Gasteiger partial charge on any atom is 0.347 e. The Kier molecular flexibility index (Phi) is 7.99. The van der Waals surface area contributed by atoms with Crippen LogP contribution in [0.3, 0.4) is 0 Å². The highest BCUT2D eigenvalue weighted by Crippen LogP contribution is 1.91. The van der Waals surface area contributed by atoms with E-state index < -0.39 is 5.97 Å². The summed E-state index contributed by atoms with van der Waals surface area (Å²) in [5.74, 6) is -0.644. The monoisotopic (exact) mass is 178 g/mol. The molecule has 0 saturated heterocycles. The summed E-state index contributed by atoms with van der Waals surface area (Å²) in [4.78, 5) is 19.1. The Bertz CT molecular complexity index is 114. The summed E-state index contributed by atoms with van der Waals surface area (Å²) in [5, 5.41) is 12.4. The van der Waals surface area contributed by atoms with Crippen molar-refractivity contribution in [2.24, 2.45) is 0 Å². The van der Waals surface area contributed by atoms with Crippen molar-refractivity contribution in [3.8, 4) is 0 Å². The summed E-state index contributed by atoms with van der Waals surface area (Å²) in [6.07, 6.45) is 1.74. The van der Waals surface area contributed by atoms with Crippen molar-refractivity contribution >= 4 is 5.97 Å². The number of hydrogen-bond donors (Lipinski definition) is 1. The van der Waals surface area contributed by atoms with Gasteiger partial charge in [-0.2, -0.15) is 4.89 Å². The zero-order valence-corrected chi connectivity index (χ0v) is 7.12. The second kappa shape index (κ2) is 8.45. The third-order valence-corrected chi connectivity index (χ3v) is 1.07. The average Bonchev–Trinajstić information content (AvgIpc) is 2.05. The predicted molar refractivity (Wildman–Crippen MR) is 39.7 cm³/mol. The Balaban J connectivity index is 3.03. The van der Waals surface area contributed by atoms with Gasteiger partial charge in [-0.3, -0.25) is 4.89 Å². The minimum Gasteiger partial charge on any atom is -0.396 e. The van der Waals surface area contributed by atoms with Gasteiger partial charge in [0.2, 0.25) is 0 Å². The van der Waals surface area contributed by atoms with E-state index in [-0.39, 0.29) is 13.0 Å². The lowest BCUT2D eigenvalue weighted by Gasteiger charge is -2.00. The van der Waals surface area contributed by atoms with Crippen molar-refractivity contribution in [1.29, 1.82) is 0 Å². The number of aliphatic hydroxyl groups is 1. The van der Waals surface area contributed by atoms with Crippen LogP contribution in [0.5, 0.6) is 0 Å². The van der Waals surface area contributed by atoms with Crippen LogP contribution < -0.4 is 0 Å². The molecule has 0 spiro atoms. The molecule has 0 amide bonds. The molecule has 0 bridgehead atoms. The summed E-state index contributed by atoms with van der Waals surface area (Å²) in [5.41, 5.74) is 0. The zero-order chi connectivity index (χ0) is 9.23. The van der Waals surface area contributed by atoms with Crippen LogP contribution in [0, 0.1) is 0 Å². The zero-order valence-electron chi connectivity index (χ0n) is 7.12. The van der Waals surface area contributed by atoms with E-state index in [9.17, 15) is 4.79 Å². The highest BCUT2D eigenvalue weighted by molar-refractivity contribution is 5.68. The molecule has 0 aliphatic rings.